The average Bonchev–Trinajstić information content (AvgIpc) is 2.76. The van der Waals surface area contributed by atoms with E-state index in [1.54, 1.807) is 31.4 Å². The quantitative estimate of drug-likeness (QED) is 0.628. The highest BCUT2D eigenvalue weighted by molar-refractivity contribution is 6.32. The summed E-state index contributed by atoms with van der Waals surface area (Å²) >= 11 is 6.24. The van der Waals surface area contributed by atoms with Crippen molar-refractivity contribution in [2.24, 2.45) is 0 Å². The van der Waals surface area contributed by atoms with Crippen LogP contribution in [0.25, 0.3) is 6.08 Å². The zero-order chi connectivity index (χ0) is 22.5. The van der Waals surface area contributed by atoms with Crippen LogP contribution in [0.4, 0.5) is 5.82 Å². The molecule has 0 bridgehead atoms. The highest BCUT2D eigenvalue weighted by Crippen LogP contribution is 2.36. The second kappa shape index (κ2) is 10.0. The number of hydrogen-bond donors (Lipinski definition) is 0. The van der Waals surface area contributed by atoms with Crippen molar-refractivity contribution in [3.63, 3.8) is 0 Å². The van der Waals surface area contributed by atoms with Crippen LogP contribution in [0.1, 0.15) is 36.8 Å². The minimum Gasteiger partial charge on any atom is -0.493 e. The van der Waals surface area contributed by atoms with Crippen LogP contribution < -0.4 is 14.4 Å². The number of hydrogen-bond acceptors (Lipinski definition) is 6. The second-order valence-corrected chi connectivity index (χ2v) is 8.17. The third-order valence-electron chi connectivity index (χ3n) is 5.16. The van der Waals surface area contributed by atoms with Gasteiger partial charge in [0.25, 0.3) is 0 Å². The predicted octanol–water partition coefficient (Wildman–Crippen LogP) is 3.94. The number of aryl methyl sites for hydroxylation is 1. The largest absolute Gasteiger partial charge is 0.493 e. The fraction of sp³-hybridized carbons (Fsp3) is 0.435. The van der Waals surface area contributed by atoms with E-state index in [9.17, 15) is 4.79 Å². The fourth-order valence-electron chi connectivity index (χ4n) is 3.46. The zero-order valence-corrected chi connectivity index (χ0v) is 19.4. The number of methoxy groups -OCH3 is 2. The molecule has 2 aromatic rings. The van der Waals surface area contributed by atoms with Gasteiger partial charge in [0, 0.05) is 49.9 Å². The maximum atomic E-state index is 12.7. The normalized spacial score (nSPS) is 14.4. The Bertz CT molecular complexity index is 970. The molecule has 2 heterocycles. The SMILES string of the molecule is COc1cc(/C=C/C(=O)N2CCN(c3cc(C)nc(C(C)C)n3)CC2)cc(Cl)c1OC. The Balaban J connectivity index is 1.64. The Morgan fingerprint density at radius 3 is 2.42 bits per heavy atom. The summed E-state index contributed by atoms with van der Waals surface area (Å²) in [4.78, 5) is 26.0. The molecule has 1 aromatic heterocycles. The summed E-state index contributed by atoms with van der Waals surface area (Å²) in [6, 6.07) is 5.54. The molecule has 0 spiro atoms. The van der Waals surface area contributed by atoms with Crippen LogP contribution in [0, 0.1) is 6.92 Å². The van der Waals surface area contributed by atoms with Crippen LogP contribution in [0.2, 0.25) is 5.02 Å². The number of piperazine rings is 1. The Labute approximate surface area is 188 Å². The van der Waals surface area contributed by atoms with Gasteiger partial charge < -0.3 is 19.3 Å². The van der Waals surface area contributed by atoms with Crippen molar-refractivity contribution in [2.45, 2.75) is 26.7 Å². The lowest BCUT2D eigenvalue weighted by Gasteiger charge is -2.35. The van der Waals surface area contributed by atoms with Crippen LogP contribution in [-0.2, 0) is 4.79 Å². The van der Waals surface area contributed by atoms with Crippen molar-refractivity contribution in [3.05, 3.63) is 46.4 Å². The highest BCUT2D eigenvalue weighted by atomic mass is 35.5. The number of aromatic nitrogens is 2. The number of ether oxygens (including phenoxy) is 2. The molecule has 1 aliphatic heterocycles. The molecule has 166 valence electrons. The van der Waals surface area contributed by atoms with Gasteiger partial charge in [0.1, 0.15) is 11.6 Å². The Hall–Kier alpha value is -2.80. The standard InChI is InChI=1S/C23H29ClN4O3/c1-15(2)23-25-16(3)12-20(26-23)27-8-10-28(11-9-27)21(29)7-6-17-13-18(24)22(31-5)19(14-17)30-4/h6-7,12-15H,8-11H2,1-5H3/b7-6+. The van der Waals surface area contributed by atoms with Gasteiger partial charge in [-0.2, -0.15) is 0 Å². The minimum atomic E-state index is -0.0349. The number of carbonyl (C=O) groups is 1. The number of rotatable bonds is 6. The van der Waals surface area contributed by atoms with Crippen molar-refractivity contribution < 1.29 is 14.3 Å². The Morgan fingerprint density at radius 1 is 1.10 bits per heavy atom. The molecule has 0 atom stereocenters. The third kappa shape index (κ3) is 5.47. The molecule has 0 N–H and O–H groups in total. The van der Waals surface area contributed by atoms with Crippen LogP contribution in [-0.4, -0.2) is 61.2 Å². The lowest BCUT2D eigenvalue weighted by Crippen LogP contribution is -2.48. The van der Waals surface area contributed by atoms with E-state index >= 15 is 0 Å². The summed E-state index contributed by atoms with van der Waals surface area (Å²) in [6.07, 6.45) is 3.31. The summed E-state index contributed by atoms with van der Waals surface area (Å²) in [7, 11) is 3.09. The van der Waals surface area contributed by atoms with Gasteiger partial charge in [-0.05, 0) is 30.7 Å². The van der Waals surface area contributed by atoms with Crippen molar-refractivity contribution in [1.82, 2.24) is 14.9 Å². The van der Waals surface area contributed by atoms with E-state index < -0.39 is 0 Å². The molecule has 0 aliphatic carbocycles. The van der Waals surface area contributed by atoms with Crippen LogP contribution in [0.15, 0.2) is 24.3 Å². The highest BCUT2D eigenvalue weighted by Gasteiger charge is 2.21. The first kappa shape index (κ1) is 22.9. The van der Waals surface area contributed by atoms with Gasteiger partial charge in [-0.15, -0.1) is 0 Å². The molecular weight excluding hydrogens is 416 g/mol. The molecule has 31 heavy (non-hydrogen) atoms. The smallest absolute Gasteiger partial charge is 0.246 e. The molecule has 8 heteroatoms. The van der Waals surface area contributed by atoms with E-state index in [0.717, 1.165) is 36.0 Å². The summed E-state index contributed by atoms with van der Waals surface area (Å²) in [5.74, 6) is 3.02. The lowest BCUT2D eigenvalue weighted by atomic mass is 10.1. The van der Waals surface area contributed by atoms with Gasteiger partial charge in [0.05, 0.1) is 19.2 Å². The number of nitrogens with zero attached hydrogens (tertiary/aromatic N) is 4. The molecule has 1 aromatic carbocycles. The monoisotopic (exact) mass is 444 g/mol. The molecule has 1 amide bonds. The number of carbonyl (C=O) groups excluding carboxylic acids is 1. The average molecular weight is 445 g/mol. The van der Waals surface area contributed by atoms with E-state index in [1.807, 2.05) is 17.9 Å². The second-order valence-electron chi connectivity index (χ2n) is 7.76. The van der Waals surface area contributed by atoms with Gasteiger partial charge in [0.2, 0.25) is 5.91 Å². The molecule has 1 fully saturated rings. The molecule has 1 saturated heterocycles. The first-order valence-electron chi connectivity index (χ1n) is 10.3. The van der Waals surface area contributed by atoms with Gasteiger partial charge in [-0.3, -0.25) is 4.79 Å². The van der Waals surface area contributed by atoms with E-state index in [-0.39, 0.29) is 11.8 Å². The first-order chi connectivity index (χ1) is 14.8. The first-order valence-corrected chi connectivity index (χ1v) is 10.7. The summed E-state index contributed by atoms with van der Waals surface area (Å²) in [6.45, 7) is 8.90. The number of amides is 1. The van der Waals surface area contributed by atoms with Gasteiger partial charge in [-0.1, -0.05) is 25.4 Å². The molecular formula is C23H29ClN4O3. The molecule has 1 aliphatic rings. The zero-order valence-electron chi connectivity index (χ0n) is 18.7. The molecule has 0 unspecified atom stereocenters. The molecule has 0 radical (unpaired) electrons. The molecule has 3 rings (SSSR count). The summed E-state index contributed by atoms with van der Waals surface area (Å²) < 4.78 is 10.6. The van der Waals surface area contributed by atoms with Crippen molar-refractivity contribution in [1.29, 1.82) is 0 Å². The third-order valence-corrected chi connectivity index (χ3v) is 5.44. The van der Waals surface area contributed by atoms with E-state index in [2.05, 4.69) is 23.7 Å². The topological polar surface area (TPSA) is 67.8 Å². The minimum absolute atomic E-state index is 0.0349. The maximum absolute atomic E-state index is 12.7. The molecule has 7 nitrogen and oxygen atoms in total. The summed E-state index contributed by atoms with van der Waals surface area (Å²) in [5, 5.41) is 0.434. The number of anilines is 1. The van der Waals surface area contributed by atoms with Gasteiger partial charge >= 0.3 is 0 Å². The van der Waals surface area contributed by atoms with Gasteiger partial charge in [-0.25, -0.2) is 9.97 Å². The van der Waals surface area contributed by atoms with Crippen LogP contribution in [0.3, 0.4) is 0 Å². The maximum Gasteiger partial charge on any atom is 0.246 e. The number of benzene rings is 1. The lowest BCUT2D eigenvalue weighted by molar-refractivity contribution is -0.126. The number of halogens is 1. The van der Waals surface area contributed by atoms with Crippen molar-refractivity contribution in [2.75, 3.05) is 45.3 Å². The van der Waals surface area contributed by atoms with E-state index in [1.165, 1.54) is 7.11 Å². The van der Waals surface area contributed by atoms with Crippen molar-refractivity contribution in [3.8, 4) is 11.5 Å². The van der Waals surface area contributed by atoms with E-state index in [0.29, 0.717) is 29.6 Å². The Kier molecular flexibility index (Phi) is 7.38. The van der Waals surface area contributed by atoms with Crippen molar-refractivity contribution >= 4 is 29.4 Å². The molecule has 0 saturated carbocycles. The fourth-order valence-corrected chi connectivity index (χ4v) is 3.75. The van der Waals surface area contributed by atoms with Crippen LogP contribution >= 0.6 is 11.6 Å². The van der Waals surface area contributed by atoms with Gasteiger partial charge in [0.15, 0.2) is 11.5 Å². The Morgan fingerprint density at radius 2 is 1.81 bits per heavy atom. The van der Waals surface area contributed by atoms with E-state index in [4.69, 9.17) is 26.1 Å². The summed E-state index contributed by atoms with van der Waals surface area (Å²) in [5.41, 5.74) is 1.73. The van der Waals surface area contributed by atoms with Crippen LogP contribution in [0.5, 0.6) is 11.5 Å². The predicted molar refractivity (Wildman–Crippen MR) is 123 cm³/mol.